The Morgan fingerprint density at radius 2 is 1.60 bits per heavy atom. The fourth-order valence-electron chi connectivity index (χ4n) is 1.19. The zero-order valence-electron chi connectivity index (χ0n) is 11.6. The van der Waals surface area contributed by atoms with Gasteiger partial charge in [0.15, 0.2) is 0 Å². The van der Waals surface area contributed by atoms with Crippen LogP contribution in [-0.4, -0.2) is 41.2 Å². The highest BCUT2D eigenvalue weighted by atomic mass is 16.5. The second-order valence-corrected chi connectivity index (χ2v) is 3.79. The smallest absolute Gasteiger partial charge is 0.331 e. The average Bonchev–Trinajstić information content (AvgIpc) is 2.44. The van der Waals surface area contributed by atoms with Crippen LogP contribution in [0.5, 0.6) is 11.8 Å². The summed E-state index contributed by atoms with van der Waals surface area (Å²) in [7, 11) is 2.82. The molecule has 1 aromatic heterocycles. The van der Waals surface area contributed by atoms with Gasteiger partial charge in [0.05, 0.1) is 20.3 Å². The fraction of sp³-hybridized carbons (Fsp3) is 0.333. The molecule has 0 unspecified atom stereocenters. The van der Waals surface area contributed by atoms with Gasteiger partial charge in [-0.15, -0.1) is 0 Å². The van der Waals surface area contributed by atoms with Crippen molar-refractivity contribution in [3.8, 4) is 11.8 Å². The predicted octanol–water partition coefficient (Wildman–Crippen LogP) is 0.853. The largest absolute Gasteiger partial charge is 0.481 e. The first-order valence-electron chi connectivity index (χ1n) is 5.58. The van der Waals surface area contributed by atoms with Crippen LogP contribution in [0, 0.1) is 0 Å². The van der Waals surface area contributed by atoms with Crippen LogP contribution < -0.4 is 14.8 Å². The summed E-state index contributed by atoms with van der Waals surface area (Å²) in [6.45, 7) is 2.74. The van der Waals surface area contributed by atoms with Crippen LogP contribution in [0.3, 0.4) is 0 Å². The Kier molecular flexibility index (Phi) is 5.01. The van der Waals surface area contributed by atoms with Crippen molar-refractivity contribution in [1.82, 2.24) is 9.97 Å². The lowest BCUT2D eigenvalue weighted by Gasteiger charge is -2.08. The number of ether oxygens (including phenoxy) is 2. The molecule has 0 atom stereocenters. The predicted molar refractivity (Wildman–Crippen MR) is 69.8 cm³/mol. The van der Waals surface area contributed by atoms with Crippen LogP contribution in [-0.2, 0) is 9.59 Å². The summed E-state index contributed by atoms with van der Waals surface area (Å²) in [5.41, 5.74) is 0.000229. The number of nitrogens with one attached hydrogen (secondary N) is 1. The standard InChI is InChI=1S/C12H15N3O5/c1-6(7(2)11(17)18)10(16)15-12-13-8(19-3)5-9(14-12)20-4/h5H,1-4H3,(H,17,18)(H,13,14,15,16)/b7-6-. The number of aliphatic carboxylic acids is 1. The van der Waals surface area contributed by atoms with Crippen molar-refractivity contribution in [1.29, 1.82) is 0 Å². The number of hydrogen-bond donors (Lipinski definition) is 2. The zero-order chi connectivity index (χ0) is 15.3. The Bertz CT molecular complexity index is 546. The molecule has 1 aromatic rings. The fourth-order valence-corrected chi connectivity index (χ4v) is 1.19. The van der Waals surface area contributed by atoms with Gasteiger partial charge in [-0.1, -0.05) is 0 Å². The molecule has 0 saturated carbocycles. The van der Waals surface area contributed by atoms with Crippen LogP contribution in [0.25, 0.3) is 0 Å². The lowest BCUT2D eigenvalue weighted by atomic mass is 10.1. The summed E-state index contributed by atoms with van der Waals surface area (Å²) in [5, 5.41) is 11.2. The van der Waals surface area contributed by atoms with Crippen LogP contribution in [0.15, 0.2) is 17.2 Å². The lowest BCUT2D eigenvalue weighted by Crippen LogP contribution is -2.18. The van der Waals surface area contributed by atoms with E-state index in [1.807, 2.05) is 0 Å². The molecule has 0 aliphatic carbocycles. The number of amides is 1. The van der Waals surface area contributed by atoms with Gasteiger partial charge in [-0.2, -0.15) is 9.97 Å². The number of rotatable bonds is 5. The minimum Gasteiger partial charge on any atom is -0.481 e. The number of nitrogens with zero attached hydrogens (tertiary/aromatic N) is 2. The Balaban J connectivity index is 3.01. The third kappa shape index (κ3) is 3.67. The molecule has 8 nitrogen and oxygen atoms in total. The number of hydrogen-bond acceptors (Lipinski definition) is 6. The molecule has 0 fully saturated rings. The van der Waals surface area contributed by atoms with Gasteiger partial charge in [0, 0.05) is 11.1 Å². The number of anilines is 1. The quantitative estimate of drug-likeness (QED) is 0.770. The van der Waals surface area contributed by atoms with Crippen molar-refractivity contribution < 1.29 is 24.2 Å². The van der Waals surface area contributed by atoms with Gasteiger partial charge in [-0.3, -0.25) is 10.1 Å². The number of carboxylic acids is 1. The van der Waals surface area contributed by atoms with Gasteiger partial charge in [0.25, 0.3) is 5.91 Å². The lowest BCUT2D eigenvalue weighted by molar-refractivity contribution is -0.133. The minimum absolute atomic E-state index is 0.0382. The maximum Gasteiger partial charge on any atom is 0.331 e. The van der Waals surface area contributed by atoms with Crippen molar-refractivity contribution in [3.63, 3.8) is 0 Å². The van der Waals surface area contributed by atoms with Crippen LogP contribution in [0.4, 0.5) is 5.95 Å². The number of carbonyl (C=O) groups excluding carboxylic acids is 1. The van der Waals surface area contributed by atoms with Crippen molar-refractivity contribution >= 4 is 17.8 Å². The maximum atomic E-state index is 11.9. The molecule has 0 aromatic carbocycles. The third-order valence-electron chi connectivity index (χ3n) is 2.55. The second-order valence-electron chi connectivity index (χ2n) is 3.79. The minimum atomic E-state index is -1.17. The molecule has 1 heterocycles. The van der Waals surface area contributed by atoms with E-state index in [-0.39, 0.29) is 28.9 Å². The van der Waals surface area contributed by atoms with Gasteiger partial charge in [0.1, 0.15) is 0 Å². The molecule has 0 saturated heterocycles. The monoisotopic (exact) mass is 281 g/mol. The van der Waals surface area contributed by atoms with E-state index in [4.69, 9.17) is 14.6 Å². The highest BCUT2D eigenvalue weighted by molar-refractivity contribution is 6.07. The summed E-state index contributed by atoms with van der Waals surface area (Å²) in [6, 6.07) is 1.45. The van der Waals surface area contributed by atoms with Crippen molar-refractivity contribution in [2.75, 3.05) is 19.5 Å². The Morgan fingerprint density at radius 1 is 1.10 bits per heavy atom. The molecule has 20 heavy (non-hydrogen) atoms. The first-order valence-corrected chi connectivity index (χ1v) is 5.58. The number of carboxylic acid groups (broad SMARTS) is 1. The summed E-state index contributed by atoms with van der Waals surface area (Å²) in [4.78, 5) is 30.5. The van der Waals surface area contributed by atoms with E-state index in [9.17, 15) is 9.59 Å². The molecule has 2 N–H and O–H groups in total. The van der Waals surface area contributed by atoms with E-state index in [1.54, 1.807) is 0 Å². The Labute approximate surface area is 115 Å². The molecular weight excluding hydrogens is 266 g/mol. The molecule has 108 valence electrons. The van der Waals surface area contributed by atoms with Crippen LogP contribution in [0.2, 0.25) is 0 Å². The first-order chi connectivity index (χ1) is 9.38. The molecule has 8 heteroatoms. The molecule has 0 aliphatic rings. The summed E-state index contributed by atoms with van der Waals surface area (Å²) >= 11 is 0. The molecule has 1 rings (SSSR count). The Morgan fingerprint density at radius 3 is 2.00 bits per heavy atom. The van der Waals surface area contributed by atoms with Gasteiger partial charge in [-0.05, 0) is 13.8 Å². The van der Waals surface area contributed by atoms with Crippen molar-refractivity contribution in [3.05, 3.63) is 17.2 Å². The van der Waals surface area contributed by atoms with Gasteiger partial charge in [0.2, 0.25) is 17.7 Å². The molecule has 0 spiro atoms. The van der Waals surface area contributed by atoms with Crippen molar-refractivity contribution in [2.24, 2.45) is 0 Å². The topological polar surface area (TPSA) is 111 Å². The van der Waals surface area contributed by atoms with E-state index < -0.39 is 11.9 Å². The normalized spacial score (nSPS) is 11.4. The second kappa shape index (κ2) is 6.50. The van der Waals surface area contributed by atoms with Crippen LogP contribution in [0.1, 0.15) is 13.8 Å². The molecule has 1 amide bonds. The highest BCUT2D eigenvalue weighted by Crippen LogP contribution is 2.18. The summed E-state index contributed by atoms with van der Waals surface area (Å²) < 4.78 is 9.87. The summed E-state index contributed by atoms with van der Waals surface area (Å²) in [5.74, 6) is -1.39. The summed E-state index contributed by atoms with van der Waals surface area (Å²) in [6.07, 6.45) is 0. The first kappa shape index (κ1) is 15.4. The maximum absolute atomic E-state index is 11.9. The van der Waals surface area contributed by atoms with E-state index in [2.05, 4.69) is 15.3 Å². The van der Waals surface area contributed by atoms with E-state index in [1.165, 1.54) is 34.1 Å². The van der Waals surface area contributed by atoms with Gasteiger partial charge in [-0.25, -0.2) is 4.79 Å². The van der Waals surface area contributed by atoms with E-state index >= 15 is 0 Å². The number of carbonyl (C=O) groups is 2. The third-order valence-corrected chi connectivity index (χ3v) is 2.55. The zero-order valence-corrected chi connectivity index (χ0v) is 11.6. The average molecular weight is 281 g/mol. The van der Waals surface area contributed by atoms with Gasteiger partial charge < -0.3 is 14.6 Å². The van der Waals surface area contributed by atoms with Crippen LogP contribution >= 0.6 is 0 Å². The highest BCUT2D eigenvalue weighted by Gasteiger charge is 2.15. The Hall–Kier alpha value is -2.64. The van der Waals surface area contributed by atoms with Crippen molar-refractivity contribution in [2.45, 2.75) is 13.8 Å². The number of aromatic nitrogens is 2. The molecule has 0 radical (unpaired) electrons. The van der Waals surface area contributed by atoms with E-state index in [0.717, 1.165) is 0 Å². The molecule has 0 aliphatic heterocycles. The number of methoxy groups -OCH3 is 2. The molecular formula is C12H15N3O5. The SMILES string of the molecule is COc1cc(OC)nc(NC(=O)/C(C)=C(/C)C(=O)O)n1. The van der Waals surface area contributed by atoms with E-state index in [0.29, 0.717) is 0 Å². The van der Waals surface area contributed by atoms with Gasteiger partial charge >= 0.3 is 5.97 Å². The molecule has 0 bridgehead atoms.